The Bertz CT molecular complexity index is 1130. The van der Waals surface area contributed by atoms with Crippen molar-refractivity contribution in [2.24, 2.45) is 0 Å². The Morgan fingerprint density at radius 2 is 1.88 bits per heavy atom. The van der Waals surface area contributed by atoms with Gasteiger partial charge in [0.25, 0.3) is 15.9 Å². The number of anilines is 2. The molecule has 2 fully saturated rings. The number of amides is 1. The minimum Gasteiger partial charge on any atom is -0.353 e. The minimum absolute atomic E-state index is 0.0872. The SMILES string of the molecule is Cc1ccc(S(=O)(=O)Nc2cnc(N3CCNCC3)c(C(=O)N3CCCC[C@@H]3C)c2)c(C)c1. The number of nitrogens with zero attached hydrogens (tertiary/aromatic N) is 3. The van der Waals surface area contributed by atoms with Gasteiger partial charge in [0.2, 0.25) is 0 Å². The van der Waals surface area contributed by atoms with Crippen molar-refractivity contribution in [3.8, 4) is 0 Å². The average molecular weight is 472 g/mol. The molecule has 0 spiro atoms. The summed E-state index contributed by atoms with van der Waals surface area (Å²) < 4.78 is 28.8. The van der Waals surface area contributed by atoms with Gasteiger partial charge in [0.1, 0.15) is 5.82 Å². The molecule has 1 aromatic carbocycles. The number of piperazine rings is 1. The van der Waals surface area contributed by atoms with E-state index in [0.29, 0.717) is 29.2 Å². The fourth-order valence-corrected chi connectivity index (χ4v) is 5.93. The van der Waals surface area contributed by atoms with Crippen LogP contribution in [0, 0.1) is 13.8 Å². The van der Waals surface area contributed by atoms with Gasteiger partial charge in [-0.25, -0.2) is 13.4 Å². The van der Waals surface area contributed by atoms with Gasteiger partial charge in [0.15, 0.2) is 0 Å². The number of piperidine rings is 1. The van der Waals surface area contributed by atoms with Crippen LogP contribution in [0.25, 0.3) is 0 Å². The van der Waals surface area contributed by atoms with Crippen LogP contribution in [0.4, 0.5) is 11.5 Å². The molecule has 1 aromatic heterocycles. The minimum atomic E-state index is -3.82. The third-order valence-electron chi connectivity index (χ3n) is 6.45. The van der Waals surface area contributed by atoms with Crippen LogP contribution < -0.4 is 14.9 Å². The topological polar surface area (TPSA) is 94.6 Å². The lowest BCUT2D eigenvalue weighted by molar-refractivity contribution is 0.0636. The molecule has 1 amide bonds. The number of aryl methyl sites for hydroxylation is 2. The van der Waals surface area contributed by atoms with Crippen molar-refractivity contribution < 1.29 is 13.2 Å². The molecule has 8 nitrogen and oxygen atoms in total. The molecule has 2 aliphatic rings. The van der Waals surface area contributed by atoms with E-state index in [-0.39, 0.29) is 16.8 Å². The molecule has 178 valence electrons. The number of nitrogens with one attached hydrogen (secondary N) is 2. The van der Waals surface area contributed by atoms with Gasteiger partial charge in [-0.2, -0.15) is 0 Å². The van der Waals surface area contributed by atoms with Crippen LogP contribution in [0.2, 0.25) is 0 Å². The van der Waals surface area contributed by atoms with E-state index in [1.54, 1.807) is 25.1 Å². The van der Waals surface area contributed by atoms with Gasteiger partial charge in [-0.1, -0.05) is 17.7 Å². The Labute approximate surface area is 196 Å². The Hall–Kier alpha value is -2.65. The molecular formula is C24H33N5O3S. The molecule has 0 radical (unpaired) electrons. The molecule has 3 heterocycles. The number of sulfonamides is 1. The lowest BCUT2D eigenvalue weighted by Crippen LogP contribution is -2.46. The van der Waals surface area contributed by atoms with Gasteiger partial charge in [-0.15, -0.1) is 0 Å². The number of hydrogen-bond acceptors (Lipinski definition) is 6. The summed E-state index contributed by atoms with van der Waals surface area (Å²) in [6.45, 7) is 9.61. The van der Waals surface area contributed by atoms with Crippen LogP contribution in [0.15, 0.2) is 35.4 Å². The van der Waals surface area contributed by atoms with Crippen LogP contribution in [-0.2, 0) is 10.0 Å². The number of benzene rings is 1. The molecule has 0 unspecified atom stereocenters. The standard InChI is InChI=1S/C24H33N5O3S/c1-17-7-8-22(18(2)14-17)33(31,32)27-20-15-21(24(30)29-11-5-4-6-19(29)3)23(26-16-20)28-12-9-25-10-13-28/h7-8,14-16,19,25,27H,4-6,9-13H2,1-3H3/t19-/m0/s1. The summed E-state index contributed by atoms with van der Waals surface area (Å²) in [4.78, 5) is 22.4. The first-order valence-corrected chi connectivity index (χ1v) is 13.1. The fraction of sp³-hybridized carbons (Fsp3) is 0.500. The van der Waals surface area contributed by atoms with Gasteiger partial charge >= 0.3 is 0 Å². The Morgan fingerprint density at radius 3 is 2.58 bits per heavy atom. The van der Waals surface area contributed by atoms with Gasteiger partial charge in [0.05, 0.1) is 22.3 Å². The fourth-order valence-electron chi connectivity index (χ4n) is 4.66. The molecule has 2 saturated heterocycles. The average Bonchev–Trinajstić information content (AvgIpc) is 2.79. The first-order chi connectivity index (χ1) is 15.8. The molecule has 0 saturated carbocycles. The van der Waals surface area contributed by atoms with Crippen molar-refractivity contribution in [3.05, 3.63) is 47.2 Å². The number of carbonyl (C=O) groups excluding carboxylic acids is 1. The Kier molecular flexibility index (Phi) is 6.90. The second-order valence-electron chi connectivity index (χ2n) is 9.05. The molecule has 2 aromatic rings. The largest absolute Gasteiger partial charge is 0.353 e. The Morgan fingerprint density at radius 1 is 1.12 bits per heavy atom. The third-order valence-corrected chi connectivity index (χ3v) is 7.99. The predicted molar refractivity (Wildman–Crippen MR) is 130 cm³/mol. The molecule has 9 heteroatoms. The number of aromatic nitrogens is 1. The van der Waals surface area contributed by atoms with E-state index >= 15 is 0 Å². The van der Waals surface area contributed by atoms with Crippen LogP contribution in [-0.4, -0.2) is 63.0 Å². The highest BCUT2D eigenvalue weighted by Gasteiger charge is 2.29. The summed E-state index contributed by atoms with van der Waals surface area (Å²) in [6.07, 6.45) is 4.57. The predicted octanol–water partition coefficient (Wildman–Crippen LogP) is 2.92. The summed E-state index contributed by atoms with van der Waals surface area (Å²) in [5.41, 5.74) is 2.41. The number of carbonyl (C=O) groups is 1. The van der Waals surface area contributed by atoms with E-state index in [0.717, 1.165) is 51.0 Å². The van der Waals surface area contributed by atoms with Crippen molar-refractivity contribution in [1.29, 1.82) is 0 Å². The summed E-state index contributed by atoms with van der Waals surface area (Å²) >= 11 is 0. The summed E-state index contributed by atoms with van der Waals surface area (Å²) in [6, 6.07) is 7.02. The first-order valence-electron chi connectivity index (χ1n) is 11.6. The van der Waals surface area contributed by atoms with Crippen LogP contribution in [0.5, 0.6) is 0 Å². The monoisotopic (exact) mass is 471 g/mol. The van der Waals surface area contributed by atoms with E-state index in [4.69, 9.17) is 0 Å². The van der Waals surface area contributed by atoms with E-state index in [1.807, 2.05) is 17.9 Å². The summed E-state index contributed by atoms with van der Waals surface area (Å²) in [5, 5.41) is 3.32. The molecule has 1 atom stereocenters. The van der Waals surface area contributed by atoms with Gasteiger partial charge < -0.3 is 15.1 Å². The smallest absolute Gasteiger partial charge is 0.262 e. The highest BCUT2D eigenvalue weighted by atomic mass is 32.2. The quantitative estimate of drug-likeness (QED) is 0.696. The van der Waals surface area contributed by atoms with Crippen LogP contribution in [0.1, 0.15) is 47.7 Å². The molecule has 33 heavy (non-hydrogen) atoms. The zero-order chi connectivity index (χ0) is 23.6. The lowest BCUT2D eigenvalue weighted by atomic mass is 10.0. The molecular weight excluding hydrogens is 438 g/mol. The highest BCUT2D eigenvalue weighted by Crippen LogP contribution is 2.28. The number of pyridine rings is 1. The van der Waals surface area contributed by atoms with E-state index in [2.05, 4.69) is 26.8 Å². The molecule has 4 rings (SSSR count). The van der Waals surface area contributed by atoms with Crippen molar-refractivity contribution >= 4 is 27.4 Å². The highest BCUT2D eigenvalue weighted by molar-refractivity contribution is 7.92. The molecule has 2 aliphatic heterocycles. The summed E-state index contributed by atoms with van der Waals surface area (Å²) in [5.74, 6) is 0.532. The molecule has 0 aliphatic carbocycles. The second-order valence-corrected chi connectivity index (χ2v) is 10.7. The van der Waals surface area contributed by atoms with E-state index in [1.165, 1.54) is 6.20 Å². The van der Waals surface area contributed by atoms with Crippen LogP contribution >= 0.6 is 0 Å². The van der Waals surface area contributed by atoms with Gasteiger partial charge in [-0.3, -0.25) is 9.52 Å². The summed E-state index contributed by atoms with van der Waals surface area (Å²) in [7, 11) is -3.82. The maximum Gasteiger partial charge on any atom is 0.262 e. The van der Waals surface area contributed by atoms with Crippen LogP contribution in [0.3, 0.4) is 0 Å². The third kappa shape index (κ3) is 5.14. The van der Waals surface area contributed by atoms with Crippen molar-refractivity contribution in [2.75, 3.05) is 42.3 Å². The number of hydrogen-bond donors (Lipinski definition) is 2. The lowest BCUT2D eigenvalue weighted by Gasteiger charge is -2.35. The van der Waals surface area contributed by atoms with Crippen molar-refractivity contribution in [2.45, 2.75) is 51.0 Å². The number of rotatable bonds is 5. The Balaban J connectivity index is 1.69. The van der Waals surface area contributed by atoms with Crippen molar-refractivity contribution in [3.63, 3.8) is 0 Å². The first kappa shape index (κ1) is 23.5. The molecule has 0 bridgehead atoms. The normalized spacial score (nSPS) is 19.4. The van der Waals surface area contributed by atoms with Gasteiger partial charge in [-0.05, 0) is 57.7 Å². The number of likely N-dealkylation sites (tertiary alicyclic amines) is 1. The van der Waals surface area contributed by atoms with Gasteiger partial charge in [0, 0.05) is 38.8 Å². The van der Waals surface area contributed by atoms with E-state index < -0.39 is 10.0 Å². The zero-order valence-corrected chi connectivity index (χ0v) is 20.4. The zero-order valence-electron chi connectivity index (χ0n) is 19.6. The second kappa shape index (κ2) is 9.69. The maximum atomic E-state index is 13.6. The molecule has 2 N–H and O–H groups in total. The maximum absolute atomic E-state index is 13.6. The van der Waals surface area contributed by atoms with E-state index in [9.17, 15) is 13.2 Å². The van der Waals surface area contributed by atoms with Crippen molar-refractivity contribution in [1.82, 2.24) is 15.2 Å².